The molecule has 1 aromatic rings. The average Bonchev–Trinajstić information content (AvgIpc) is 2.34. The van der Waals surface area contributed by atoms with Crippen molar-refractivity contribution in [2.45, 2.75) is 11.1 Å². The second-order valence-electron chi connectivity index (χ2n) is 3.86. The van der Waals surface area contributed by atoms with Gasteiger partial charge >= 0.3 is 6.18 Å². The first-order valence-corrected chi connectivity index (χ1v) is 6.84. The van der Waals surface area contributed by atoms with Gasteiger partial charge in [0.25, 0.3) is 0 Å². The standard InChI is InChI=1S/C12H12F3NO3S/c1-16(9-12(13,14)15)20(18,19)11-6-4-10(5-7-11)3-2-8-17/h4-7,17H,8-9H2,1H3. The van der Waals surface area contributed by atoms with Gasteiger partial charge in [-0.15, -0.1) is 0 Å². The zero-order valence-corrected chi connectivity index (χ0v) is 11.3. The van der Waals surface area contributed by atoms with Crippen LogP contribution in [0.25, 0.3) is 0 Å². The van der Waals surface area contributed by atoms with Gasteiger partial charge in [0, 0.05) is 12.6 Å². The second kappa shape index (κ2) is 6.26. The fraction of sp³-hybridized carbons (Fsp3) is 0.333. The van der Waals surface area contributed by atoms with Crippen molar-refractivity contribution >= 4 is 10.0 Å². The van der Waals surface area contributed by atoms with Crippen LogP contribution in [0.5, 0.6) is 0 Å². The number of hydrogen-bond acceptors (Lipinski definition) is 3. The summed E-state index contributed by atoms with van der Waals surface area (Å²) in [7, 11) is -3.33. The van der Waals surface area contributed by atoms with Crippen LogP contribution in [-0.2, 0) is 10.0 Å². The molecule has 8 heteroatoms. The van der Waals surface area contributed by atoms with E-state index in [0.29, 0.717) is 5.56 Å². The fourth-order valence-electron chi connectivity index (χ4n) is 1.37. The average molecular weight is 307 g/mol. The van der Waals surface area contributed by atoms with E-state index in [9.17, 15) is 21.6 Å². The highest BCUT2D eigenvalue weighted by Crippen LogP contribution is 2.21. The molecule has 0 aliphatic carbocycles. The van der Waals surface area contributed by atoms with Crippen LogP contribution in [0.1, 0.15) is 5.56 Å². The maximum Gasteiger partial charge on any atom is 0.402 e. The van der Waals surface area contributed by atoms with Gasteiger partial charge in [-0.3, -0.25) is 0 Å². The minimum atomic E-state index is -4.60. The van der Waals surface area contributed by atoms with Crippen molar-refractivity contribution in [3.05, 3.63) is 29.8 Å². The molecule has 0 heterocycles. The van der Waals surface area contributed by atoms with Crippen LogP contribution < -0.4 is 0 Å². The molecular weight excluding hydrogens is 295 g/mol. The zero-order valence-electron chi connectivity index (χ0n) is 10.5. The van der Waals surface area contributed by atoms with Gasteiger partial charge in [-0.25, -0.2) is 8.42 Å². The molecule has 0 aliphatic heterocycles. The van der Waals surface area contributed by atoms with Crippen molar-refractivity contribution < 1.29 is 26.7 Å². The van der Waals surface area contributed by atoms with Gasteiger partial charge in [-0.1, -0.05) is 11.8 Å². The summed E-state index contributed by atoms with van der Waals surface area (Å²) in [6.45, 7) is -1.89. The van der Waals surface area contributed by atoms with E-state index in [1.807, 2.05) is 0 Å². The van der Waals surface area contributed by atoms with E-state index in [2.05, 4.69) is 11.8 Å². The summed E-state index contributed by atoms with van der Waals surface area (Å²) in [6, 6.07) is 5.06. The SMILES string of the molecule is CN(CC(F)(F)F)S(=O)(=O)c1ccc(C#CCO)cc1. The minimum Gasteiger partial charge on any atom is -0.384 e. The Hall–Kier alpha value is -1.56. The molecule has 20 heavy (non-hydrogen) atoms. The molecule has 0 spiro atoms. The predicted molar refractivity (Wildman–Crippen MR) is 66.3 cm³/mol. The summed E-state index contributed by atoms with van der Waals surface area (Å²) in [5.74, 6) is 4.93. The van der Waals surface area contributed by atoms with Crippen molar-refractivity contribution in [3.63, 3.8) is 0 Å². The summed E-state index contributed by atoms with van der Waals surface area (Å²) in [4.78, 5) is -0.251. The Morgan fingerprint density at radius 3 is 2.25 bits per heavy atom. The lowest BCUT2D eigenvalue weighted by molar-refractivity contribution is -0.134. The smallest absolute Gasteiger partial charge is 0.384 e. The molecule has 0 aliphatic rings. The Morgan fingerprint density at radius 1 is 1.25 bits per heavy atom. The number of aliphatic hydroxyl groups is 1. The summed E-state index contributed by atoms with van der Waals surface area (Å²) < 4.78 is 60.6. The van der Waals surface area contributed by atoms with Gasteiger partial charge in [0.15, 0.2) is 0 Å². The quantitative estimate of drug-likeness (QED) is 0.854. The Kier molecular flexibility index (Phi) is 5.16. The van der Waals surface area contributed by atoms with E-state index in [-0.39, 0.29) is 15.8 Å². The number of hydrogen-bond donors (Lipinski definition) is 1. The van der Waals surface area contributed by atoms with Gasteiger partial charge in [-0.2, -0.15) is 17.5 Å². The second-order valence-corrected chi connectivity index (χ2v) is 5.91. The summed E-state index contributed by atoms with van der Waals surface area (Å²) in [5, 5.41) is 8.51. The molecule has 0 saturated carbocycles. The molecule has 0 bridgehead atoms. The van der Waals surface area contributed by atoms with Crippen LogP contribution in [0.15, 0.2) is 29.2 Å². The minimum absolute atomic E-state index is 0.238. The van der Waals surface area contributed by atoms with E-state index in [0.717, 1.165) is 7.05 Å². The Morgan fingerprint density at radius 2 is 1.80 bits per heavy atom. The molecule has 0 fully saturated rings. The summed E-state index contributed by atoms with van der Waals surface area (Å²) in [6.07, 6.45) is -4.60. The molecule has 0 atom stereocenters. The normalized spacial score (nSPS) is 12.1. The Labute approximate surface area is 114 Å². The lowest BCUT2D eigenvalue weighted by Gasteiger charge is -2.18. The number of benzene rings is 1. The van der Waals surface area contributed by atoms with Crippen molar-refractivity contribution in [2.75, 3.05) is 20.2 Å². The zero-order chi connectivity index (χ0) is 15.4. The molecule has 4 nitrogen and oxygen atoms in total. The maximum atomic E-state index is 12.2. The Balaban J connectivity index is 2.98. The molecular formula is C12H12F3NO3S. The molecule has 1 aromatic carbocycles. The van der Waals surface area contributed by atoms with E-state index in [1.54, 1.807) is 0 Å². The van der Waals surface area contributed by atoms with Crippen LogP contribution in [0, 0.1) is 11.8 Å². The number of aliphatic hydroxyl groups excluding tert-OH is 1. The van der Waals surface area contributed by atoms with Crippen LogP contribution in [0.2, 0.25) is 0 Å². The topological polar surface area (TPSA) is 57.6 Å². The summed E-state index contributed by atoms with van der Waals surface area (Å²) in [5.41, 5.74) is 0.455. The third-order valence-corrected chi connectivity index (χ3v) is 4.09. The molecule has 0 radical (unpaired) electrons. The van der Waals surface area contributed by atoms with Crippen LogP contribution in [0.3, 0.4) is 0 Å². The van der Waals surface area contributed by atoms with Gasteiger partial charge < -0.3 is 5.11 Å². The molecule has 0 aromatic heterocycles. The largest absolute Gasteiger partial charge is 0.402 e. The monoisotopic (exact) mass is 307 g/mol. The highest BCUT2D eigenvalue weighted by molar-refractivity contribution is 7.89. The van der Waals surface area contributed by atoms with Gasteiger partial charge in [-0.05, 0) is 24.3 Å². The molecule has 0 amide bonds. The first-order chi connectivity index (χ1) is 9.16. The lowest BCUT2D eigenvalue weighted by atomic mass is 10.2. The van der Waals surface area contributed by atoms with E-state index >= 15 is 0 Å². The lowest BCUT2D eigenvalue weighted by Crippen LogP contribution is -2.35. The molecule has 110 valence electrons. The maximum absolute atomic E-state index is 12.2. The highest BCUT2D eigenvalue weighted by atomic mass is 32.2. The van der Waals surface area contributed by atoms with E-state index in [4.69, 9.17) is 5.11 Å². The van der Waals surface area contributed by atoms with Gasteiger partial charge in [0.1, 0.15) is 13.2 Å². The van der Waals surface area contributed by atoms with Crippen molar-refractivity contribution in [2.24, 2.45) is 0 Å². The van der Waals surface area contributed by atoms with Crippen molar-refractivity contribution in [3.8, 4) is 11.8 Å². The molecule has 0 unspecified atom stereocenters. The first-order valence-electron chi connectivity index (χ1n) is 5.40. The summed E-state index contributed by atoms with van der Waals surface area (Å²) >= 11 is 0. The van der Waals surface area contributed by atoms with Gasteiger partial charge in [0.2, 0.25) is 10.0 Å². The third-order valence-electron chi connectivity index (χ3n) is 2.28. The van der Waals surface area contributed by atoms with Crippen LogP contribution >= 0.6 is 0 Å². The number of rotatable bonds is 3. The number of alkyl halides is 3. The third kappa shape index (κ3) is 4.52. The first kappa shape index (κ1) is 16.5. The fourth-order valence-corrected chi connectivity index (χ4v) is 2.53. The number of halogens is 3. The molecule has 1 rings (SSSR count). The molecule has 0 saturated heterocycles. The Bertz CT molecular complexity index is 612. The van der Waals surface area contributed by atoms with Crippen molar-refractivity contribution in [1.29, 1.82) is 0 Å². The van der Waals surface area contributed by atoms with E-state index < -0.39 is 22.7 Å². The highest BCUT2D eigenvalue weighted by Gasteiger charge is 2.34. The predicted octanol–water partition coefficient (Wildman–Crippen LogP) is 1.21. The van der Waals surface area contributed by atoms with Crippen LogP contribution in [-0.4, -0.2) is 44.2 Å². The van der Waals surface area contributed by atoms with Crippen LogP contribution in [0.4, 0.5) is 13.2 Å². The van der Waals surface area contributed by atoms with E-state index in [1.165, 1.54) is 24.3 Å². The number of sulfonamides is 1. The van der Waals surface area contributed by atoms with Crippen molar-refractivity contribution in [1.82, 2.24) is 4.31 Å². The number of nitrogens with zero attached hydrogens (tertiary/aromatic N) is 1. The molecule has 1 N–H and O–H groups in total. The van der Waals surface area contributed by atoms with Gasteiger partial charge in [0.05, 0.1) is 4.90 Å².